The highest BCUT2D eigenvalue weighted by atomic mass is 32.2. The summed E-state index contributed by atoms with van der Waals surface area (Å²) in [5.74, 6) is 0.725. The Kier molecular flexibility index (Phi) is 4.07. The molecule has 0 heterocycles. The third kappa shape index (κ3) is 3.09. The first-order valence-electron chi connectivity index (χ1n) is 7.46. The Hall–Kier alpha value is -2.01. The van der Waals surface area contributed by atoms with E-state index >= 15 is 0 Å². The van der Waals surface area contributed by atoms with Crippen LogP contribution in [-0.4, -0.2) is 15.0 Å². The predicted octanol–water partition coefficient (Wildman–Crippen LogP) is 3.37. The van der Waals surface area contributed by atoms with Crippen LogP contribution in [0, 0.1) is 0 Å². The Morgan fingerprint density at radius 3 is 2.50 bits per heavy atom. The van der Waals surface area contributed by atoms with E-state index in [2.05, 4.69) is 4.72 Å². The van der Waals surface area contributed by atoms with Gasteiger partial charge in [0, 0.05) is 5.69 Å². The number of fused-ring (bicyclic) bond motifs is 1. The molecule has 0 saturated heterocycles. The van der Waals surface area contributed by atoms with Crippen LogP contribution >= 0.6 is 0 Å². The lowest BCUT2D eigenvalue weighted by Crippen LogP contribution is -2.13. The molecule has 0 atom stereocenters. The van der Waals surface area contributed by atoms with Gasteiger partial charge >= 0.3 is 0 Å². The number of aryl methyl sites for hydroxylation is 2. The molecule has 2 aromatic rings. The number of benzene rings is 2. The molecule has 0 radical (unpaired) electrons. The van der Waals surface area contributed by atoms with E-state index in [0.29, 0.717) is 17.2 Å². The van der Waals surface area contributed by atoms with Crippen molar-refractivity contribution in [1.82, 2.24) is 0 Å². The summed E-state index contributed by atoms with van der Waals surface area (Å²) in [6, 6.07) is 12.3. The monoisotopic (exact) mass is 317 g/mol. The second-order valence-corrected chi connectivity index (χ2v) is 7.03. The van der Waals surface area contributed by atoms with Crippen LogP contribution in [0.2, 0.25) is 0 Å². The zero-order valence-corrected chi connectivity index (χ0v) is 13.3. The first-order valence-corrected chi connectivity index (χ1v) is 8.94. The molecule has 22 heavy (non-hydrogen) atoms. The molecule has 1 aliphatic rings. The minimum atomic E-state index is -3.55. The summed E-state index contributed by atoms with van der Waals surface area (Å²) in [6.45, 7) is 2.49. The molecule has 0 saturated carbocycles. The minimum Gasteiger partial charge on any atom is -0.494 e. The maximum atomic E-state index is 12.5. The molecule has 116 valence electrons. The molecule has 5 heteroatoms. The second kappa shape index (κ2) is 6.01. The number of hydrogen-bond acceptors (Lipinski definition) is 3. The Bertz CT molecular complexity index is 767. The summed E-state index contributed by atoms with van der Waals surface area (Å²) < 4.78 is 32.9. The molecule has 3 rings (SSSR count). The lowest BCUT2D eigenvalue weighted by Gasteiger charge is -2.10. The van der Waals surface area contributed by atoms with Crippen LogP contribution in [0.15, 0.2) is 47.4 Å². The van der Waals surface area contributed by atoms with E-state index in [-0.39, 0.29) is 0 Å². The minimum absolute atomic E-state index is 0.321. The van der Waals surface area contributed by atoms with Crippen molar-refractivity contribution in [1.29, 1.82) is 0 Å². The Morgan fingerprint density at radius 1 is 1.05 bits per heavy atom. The molecule has 1 aliphatic carbocycles. The van der Waals surface area contributed by atoms with Gasteiger partial charge in [-0.05, 0) is 73.7 Å². The van der Waals surface area contributed by atoms with Crippen molar-refractivity contribution in [2.45, 2.75) is 31.1 Å². The fourth-order valence-electron chi connectivity index (χ4n) is 2.72. The van der Waals surface area contributed by atoms with Gasteiger partial charge in [-0.25, -0.2) is 8.42 Å². The van der Waals surface area contributed by atoms with Crippen LogP contribution in [-0.2, 0) is 22.9 Å². The normalized spacial score (nSPS) is 13.7. The van der Waals surface area contributed by atoms with E-state index in [9.17, 15) is 8.42 Å². The summed E-state index contributed by atoms with van der Waals surface area (Å²) in [5.41, 5.74) is 2.94. The van der Waals surface area contributed by atoms with Crippen molar-refractivity contribution in [2.24, 2.45) is 0 Å². The lowest BCUT2D eigenvalue weighted by atomic mass is 10.1. The van der Waals surface area contributed by atoms with Crippen LogP contribution in [0.3, 0.4) is 0 Å². The number of ether oxygens (including phenoxy) is 1. The van der Waals surface area contributed by atoms with Gasteiger partial charge < -0.3 is 4.74 Å². The van der Waals surface area contributed by atoms with Crippen LogP contribution in [0.4, 0.5) is 5.69 Å². The predicted molar refractivity (Wildman–Crippen MR) is 86.9 cm³/mol. The maximum Gasteiger partial charge on any atom is 0.261 e. The number of hydrogen-bond donors (Lipinski definition) is 1. The van der Waals surface area contributed by atoms with Crippen molar-refractivity contribution in [2.75, 3.05) is 11.3 Å². The quantitative estimate of drug-likeness (QED) is 0.920. The second-order valence-electron chi connectivity index (χ2n) is 5.35. The highest BCUT2D eigenvalue weighted by molar-refractivity contribution is 7.92. The van der Waals surface area contributed by atoms with Gasteiger partial charge in [-0.1, -0.05) is 6.07 Å². The molecule has 0 bridgehead atoms. The van der Waals surface area contributed by atoms with Gasteiger partial charge in [0.15, 0.2) is 0 Å². The van der Waals surface area contributed by atoms with Gasteiger partial charge in [0.05, 0.1) is 11.5 Å². The molecule has 0 spiro atoms. The third-order valence-electron chi connectivity index (χ3n) is 3.80. The standard InChI is InChI=1S/C17H19NO3S/c1-2-21-16-9-7-15(8-10-16)18-22(19,20)17-11-6-13-4-3-5-14(13)12-17/h6-12,18H,2-5H2,1H3. The highest BCUT2D eigenvalue weighted by Crippen LogP contribution is 2.26. The van der Waals surface area contributed by atoms with E-state index in [4.69, 9.17) is 4.74 Å². The van der Waals surface area contributed by atoms with Crippen molar-refractivity contribution in [3.05, 3.63) is 53.6 Å². The van der Waals surface area contributed by atoms with Crippen LogP contribution in [0.1, 0.15) is 24.5 Å². The van der Waals surface area contributed by atoms with Crippen LogP contribution in [0.25, 0.3) is 0 Å². The Labute approximate surface area is 131 Å². The van der Waals surface area contributed by atoms with Gasteiger partial charge in [0.2, 0.25) is 0 Å². The number of anilines is 1. The summed E-state index contributed by atoms with van der Waals surface area (Å²) in [5, 5.41) is 0. The molecular formula is C17H19NO3S. The zero-order valence-electron chi connectivity index (χ0n) is 12.5. The topological polar surface area (TPSA) is 55.4 Å². The fraction of sp³-hybridized carbons (Fsp3) is 0.294. The molecule has 0 aliphatic heterocycles. The first kappa shape index (κ1) is 14.9. The summed E-state index contributed by atoms with van der Waals surface area (Å²) >= 11 is 0. The molecule has 2 aromatic carbocycles. The zero-order chi connectivity index (χ0) is 15.6. The third-order valence-corrected chi connectivity index (χ3v) is 5.18. The largest absolute Gasteiger partial charge is 0.494 e. The molecule has 0 amide bonds. The van der Waals surface area contributed by atoms with E-state index in [1.54, 1.807) is 36.4 Å². The Balaban J connectivity index is 1.81. The SMILES string of the molecule is CCOc1ccc(NS(=O)(=O)c2ccc3c(c2)CCC3)cc1. The molecule has 0 aromatic heterocycles. The Morgan fingerprint density at radius 2 is 1.77 bits per heavy atom. The van der Waals surface area contributed by atoms with E-state index in [0.717, 1.165) is 30.6 Å². The highest BCUT2D eigenvalue weighted by Gasteiger charge is 2.18. The van der Waals surface area contributed by atoms with E-state index < -0.39 is 10.0 Å². The maximum absolute atomic E-state index is 12.5. The van der Waals surface area contributed by atoms with Crippen LogP contribution in [0.5, 0.6) is 5.75 Å². The molecular weight excluding hydrogens is 298 g/mol. The first-order chi connectivity index (χ1) is 10.6. The van der Waals surface area contributed by atoms with Crippen LogP contribution < -0.4 is 9.46 Å². The van der Waals surface area contributed by atoms with Crippen molar-refractivity contribution >= 4 is 15.7 Å². The van der Waals surface area contributed by atoms with E-state index in [1.165, 1.54) is 5.56 Å². The van der Waals surface area contributed by atoms with Gasteiger partial charge in [-0.15, -0.1) is 0 Å². The van der Waals surface area contributed by atoms with Crippen molar-refractivity contribution in [3.8, 4) is 5.75 Å². The van der Waals surface area contributed by atoms with Crippen molar-refractivity contribution < 1.29 is 13.2 Å². The average Bonchev–Trinajstić information content (AvgIpc) is 2.97. The summed E-state index contributed by atoms with van der Waals surface area (Å²) in [7, 11) is -3.55. The number of rotatable bonds is 5. The lowest BCUT2D eigenvalue weighted by molar-refractivity contribution is 0.340. The molecule has 1 N–H and O–H groups in total. The van der Waals surface area contributed by atoms with Crippen molar-refractivity contribution in [3.63, 3.8) is 0 Å². The van der Waals surface area contributed by atoms with Gasteiger partial charge in [-0.3, -0.25) is 4.72 Å². The summed E-state index contributed by atoms with van der Waals surface area (Å²) in [6.07, 6.45) is 3.11. The van der Waals surface area contributed by atoms with Gasteiger partial charge in [0.1, 0.15) is 5.75 Å². The summed E-state index contributed by atoms with van der Waals surface area (Å²) in [4.78, 5) is 0.321. The number of nitrogens with one attached hydrogen (secondary N) is 1. The molecule has 0 unspecified atom stereocenters. The average molecular weight is 317 g/mol. The van der Waals surface area contributed by atoms with Gasteiger partial charge in [0.25, 0.3) is 10.0 Å². The number of sulfonamides is 1. The van der Waals surface area contributed by atoms with Gasteiger partial charge in [-0.2, -0.15) is 0 Å². The van der Waals surface area contributed by atoms with E-state index in [1.807, 2.05) is 13.0 Å². The smallest absolute Gasteiger partial charge is 0.261 e. The fourth-order valence-corrected chi connectivity index (χ4v) is 3.82. The molecule has 0 fully saturated rings. The molecule has 4 nitrogen and oxygen atoms in total.